The van der Waals surface area contributed by atoms with Gasteiger partial charge in [0.25, 0.3) is 15.9 Å². The predicted molar refractivity (Wildman–Crippen MR) is 108 cm³/mol. The van der Waals surface area contributed by atoms with E-state index in [2.05, 4.69) is 10.0 Å². The van der Waals surface area contributed by atoms with Gasteiger partial charge < -0.3 is 5.32 Å². The molecule has 2 N–H and O–H groups in total. The molecule has 0 saturated heterocycles. The molecule has 162 valence electrons. The molecule has 5 nitrogen and oxygen atoms in total. The van der Waals surface area contributed by atoms with Crippen molar-refractivity contribution in [1.82, 2.24) is 0 Å². The highest BCUT2D eigenvalue weighted by Crippen LogP contribution is 2.31. The molecule has 0 aliphatic heterocycles. The van der Waals surface area contributed by atoms with E-state index in [1.165, 1.54) is 36.4 Å². The Morgan fingerprint density at radius 2 is 1.61 bits per heavy atom. The minimum atomic E-state index is -4.61. The number of anilines is 2. The van der Waals surface area contributed by atoms with Gasteiger partial charge >= 0.3 is 6.18 Å². The summed E-state index contributed by atoms with van der Waals surface area (Å²) in [5.41, 5.74) is -0.187. The Hall–Kier alpha value is -3.40. The fraction of sp³-hybridized carbons (Fsp3) is 0.0952. The number of halogens is 4. The van der Waals surface area contributed by atoms with E-state index in [0.29, 0.717) is 17.3 Å². The molecule has 10 heteroatoms. The van der Waals surface area contributed by atoms with Gasteiger partial charge in [0.05, 0.1) is 10.5 Å². The van der Waals surface area contributed by atoms with Crippen LogP contribution in [0.25, 0.3) is 0 Å². The van der Waals surface area contributed by atoms with Crippen LogP contribution < -0.4 is 10.0 Å². The molecule has 0 heterocycles. The molecule has 0 aromatic heterocycles. The highest BCUT2D eigenvalue weighted by molar-refractivity contribution is 7.92. The summed E-state index contributed by atoms with van der Waals surface area (Å²) in [5.74, 6) is -0.983. The second-order valence-corrected chi connectivity index (χ2v) is 8.30. The number of amides is 1. The highest BCUT2D eigenvalue weighted by atomic mass is 32.2. The predicted octanol–water partition coefficient (Wildman–Crippen LogP) is 5.21. The smallest absolute Gasteiger partial charge is 0.322 e. The maximum absolute atomic E-state index is 13.2. The Balaban J connectivity index is 1.76. The normalized spacial score (nSPS) is 11.8. The second kappa shape index (κ2) is 8.38. The molecular weight excluding hydrogens is 436 g/mol. The minimum absolute atomic E-state index is 0.141. The molecule has 0 aliphatic rings. The lowest BCUT2D eigenvalue weighted by Gasteiger charge is -2.12. The fourth-order valence-corrected chi connectivity index (χ4v) is 3.77. The van der Waals surface area contributed by atoms with Crippen LogP contribution in [-0.2, 0) is 16.2 Å². The van der Waals surface area contributed by atoms with Gasteiger partial charge in [0, 0.05) is 16.9 Å². The first-order valence-corrected chi connectivity index (χ1v) is 10.3. The van der Waals surface area contributed by atoms with Crippen LogP contribution in [0.1, 0.15) is 21.5 Å². The maximum atomic E-state index is 13.2. The van der Waals surface area contributed by atoms with Gasteiger partial charge in [-0.25, -0.2) is 12.8 Å². The molecule has 3 rings (SSSR count). The number of hydrogen-bond acceptors (Lipinski definition) is 3. The van der Waals surface area contributed by atoms with Crippen LogP contribution in [0.5, 0.6) is 0 Å². The Morgan fingerprint density at radius 3 is 2.23 bits per heavy atom. The third-order valence-electron chi connectivity index (χ3n) is 4.31. The van der Waals surface area contributed by atoms with Crippen molar-refractivity contribution in [2.24, 2.45) is 0 Å². The first-order valence-electron chi connectivity index (χ1n) is 8.83. The molecule has 1 amide bonds. The summed E-state index contributed by atoms with van der Waals surface area (Å²) in [7, 11) is -4.18. The summed E-state index contributed by atoms with van der Waals surface area (Å²) in [6.45, 7) is 1.62. The molecule has 0 bridgehead atoms. The molecule has 0 fully saturated rings. The van der Waals surface area contributed by atoms with Gasteiger partial charge in [-0.05, 0) is 73.2 Å². The number of carbonyl (C=O) groups excluding carboxylic acids is 1. The zero-order valence-corrected chi connectivity index (χ0v) is 16.8. The van der Waals surface area contributed by atoms with Crippen LogP contribution in [0, 0.1) is 12.7 Å². The van der Waals surface area contributed by atoms with E-state index in [0.717, 1.165) is 24.3 Å². The molecule has 0 aliphatic carbocycles. The minimum Gasteiger partial charge on any atom is -0.322 e. The topological polar surface area (TPSA) is 75.3 Å². The fourth-order valence-electron chi connectivity index (χ4n) is 2.72. The van der Waals surface area contributed by atoms with Crippen LogP contribution in [0.4, 0.5) is 28.9 Å². The van der Waals surface area contributed by atoms with Gasteiger partial charge in [0.1, 0.15) is 5.82 Å². The number of aryl methyl sites for hydroxylation is 1. The zero-order chi connectivity index (χ0) is 22.8. The maximum Gasteiger partial charge on any atom is 0.416 e. The summed E-state index contributed by atoms with van der Waals surface area (Å²) in [5, 5.41) is 2.59. The third-order valence-corrected chi connectivity index (χ3v) is 5.70. The first kappa shape index (κ1) is 22.3. The number of carbonyl (C=O) groups is 1. The van der Waals surface area contributed by atoms with Crippen molar-refractivity contribution in [2.45, 2.75) is 18.0 Å². The van der Waals surface area contributed by atoms with Crippen molar-refractivity contribution in [3.05, 3.63) is 89.2 Å². The number of benzene rings is 3. The Morgan fingerprint density at radius 1 is 0.935 bits per heavy atom. The summed E-state index contributed by atoms with van der Waals surface area (Å²) in [6.07, 6.45) is -4.61. The van der Waals surface area contributed by atoms with E-state index in [1.54, 1.807) is 6.92 Å². The number of rotatable bonds is 5. The lowest BCUT2D eigenvalue weighted by Crippen LogP contribution is -2.15. The molecule has 0 atom stereocenters. The summed E-state index contributed by atoms with van der Waals surface area (Å²) in [6, 6.07) is 12.5. The van der Waals surface area contributed by atoms with E-state index < -0.39 is 33.5 Å². The van der Waals surface area contributed by atoms with Gasteiger partial charge in [-0.2, -0.15) is 13.2 Å². The third kappa shape index (κ3) is 5.40. The molecule has 3 aromatic carbocycles. The second-order valence-electron chi connectivity index (χ2n) is 6.62. The van der Waals surface area contributed by atoms with Crippen LogP contribution in [0.15, 0.2) is 71.6 Å². The molecular formula is C21H16F4N2O3S. The monoisotopic (exact) mass is 452 g/mol. The lowest BCUT2D eigenvalue weighted by molar-refractivity contribution is -0.137. The van der Waals surface area contributed by atoms with Crippen LogP contribution in [0.2, 0.25) is 0 Å². The van der Waals surface area contributed by atoms with Crippen molar-refractivity contribution in [3.63, 3.8) is 0 Å². The number of nitrogens with one attached hydrogen (secondary N) is 2. The average Bonchev–Trinajstić information content (AvgIpc) is 2.69. The Labute approximate surface area is 175 Å². The van der Waals surface area contributed by atoms with Gasteiger partial charge in [-0.1, -0.05) is 6.07 Å². The van der Waals surface area contributed by atoms with Gasteiger partial charge in [-0.3, -0.25) is 9.52 Å². The summed E-state index contributed by atoms with van der Waals surface area (Å²) in [4.78, 5) is 12.1. The van der Waals surface area contributed by atoms with E-state index in [1.807, 2.05) is 0 Å². The lowest BCUT2D eigenvalue weighted by atomic mass is 10.1. The zero-order valence-electron chi connectivity index (χ0n) is 16.0. The summed E-state index contributed by atoms with van der Waals surface area (Å²) < 4.78 is 78.7. The van der Waals surface area contributed by atoms with Crippen molar-refractivity contribution < 1.29 is 30.8 Å². The SMILES string of the molecule is Cc1cc(F)ccc1NC(=O)c1ccc(S(=O)(=O)Nc2cccc(C(F)(F)F)c2)cc1. The average molecular weight is 452 g/mol. The largest absolute Gasteiger partial charge is 0.416 e. The van der Waals surface area contributed by atoms with Gasteiger partial charge in [-0.15, -0.1) is 0 Å². The van der Waals surface area contributed by atoms with Crippen molar-refractivity contribution >= 4 is 27.3 Å². The van der Waals surface area contributed by atoms with Crippen molar-refractivity contribution in [2.75, 3.05) is 10.0 Å². The van der Waals surface area contributed by atoms with E-state index in [4.69, 9.17) is 0 Å². The quantitative estimate of drug-likeness (QED) is 0.522. The van der Waals surface area contributed by atoms with Gasteiger partial charge in [0.15, 0.2) is 0 Å². The van der Waals surface area contributed by atoms with E-state index in [-0.39, 0.29) is 16.1 Å². The van der Waals surface area contributed by atoms with E-state index in [9.17, 15) is 30.8 Å². The van der Waals surface area contributed by atoms with Gasteiger partial charge in [0.2, 0.25) is 0 Å². The summed E-state index contributed by atoms with van der Waals surface area (Å²) >= 11 is 0. The molecule has 0 unspecified atom stereocenters. The van der Waals surface area contributed by atoms with Crippen LogP contribution in [0.3, 0.4) is 0 Å². The Bertz CT molecular complexity index is 1220. The molecule has 3 aromatic rings. The van der Waals surface area contributed by atoms with Crippen molar-refractivity contribution in [3.8, 4) is 0 Å². The number of sulfonamides is 1. The molecule has 0 saturated carbocycles. The molecule has 0 spiro atoms. The standard InChI is InChI=1S/C21H16F4N2O3S/c1-13-11-16(22)7-10-19(13)26-20(28)14-5-8-18(9-6-14)31(29,30)27-17-4-2-3-15(12-17)21(23,24)25/h2-12,27H,1H3,(H,26,28). The van der Waals surface area contributed by atoms with Crippen LogP contribution >= 0.6 is 0 Å². The first-order chi connectivity index (χ1) is 14.5. The molecule has 0 radical (unpaired) electrons. The highest BCUT2D eigenvalue weighted by Gasteiger charge is 2.30. The molecule has 31 heavy (non-hydrogen) atoms. The Kier molecular flexibility index (Phi) is 6.03. The van der Waals surface area contributed by atoms with Crippen LogP contribution in [-0.4, -0.2) is 14.3 Å². The number of hydrogen-bond donors (Lipinski definition) is 2. The number of alkyl halides is 3. The van der Waals surface area contributed by atoms with E-state index >= 15 is 0 Å². The van der Waals surface area contributed by atoms with Crippen molar-refractivity contribution in [1.29, 1.82) is 0 Å².